The van der Waals surface area contributed by atoms with Crippen molar-refractivity contribution >= 4 is 43.9 Å². The molecule has 0 bridgehead atoms. The average molecular weight is 372 g/mol. The first-order valence-corrected chi connectivity index (χ1v) is 8.23. The van der Waals surface area contributed by atoms with E-state index in [1.54, 1.807) is 23.7 Å². The first-order valence-electron chi connectivity index (χ1n) is 6.56. The average Bonchev–Trinajstić information content (AvgIpc) is 3.13. The number of aromatic nitrogens is 4. The maximum absolute atomic E-state index is 4.63. The summed E-state index contributed by atoms with van der Waals surface area (Å²) in [6.45, 7) is 0. The first-order chi connectivity index (χ1) is 10.8. The summed E-state index contributed by atoms with van der Waals surface area (Å²) in [6, 6.07) is 9.87. The van der Waals surface area contributed by atoms with Gasteiger partial charge in [-0.3, -0.25) is 4.40 Å². The van der Waals surface area contributed by atoms with E-state index in [0.717, 1.165) is 26.7 Å². The summed E-state index contributed by atoms with van der Waals surface area (Å²) in [5, 5.41) is 6.16. The van der Waals surface area contributed by atoms with Crippen LogP contribution in [0, 0.1) is 0 Å². The lowest BCUT2D eigenvalue weighted by atomic mass is 10.3. The van der Waals surface area contributed by atoms with Crippen LogP contribution in [-0.4, -0.2) is 19.4 Å². The molecule has 0 saturated heterocycles. The Bertz CT molecular complexity index is 946. The minimum absolute atomic E-state index is 0.673. The zero-order chi connectivity index (χ0) is 14.9. The monoisotopic (exact) mass is 371 g/mol. The quantitative estimate of drug-likeness (QED) is 0.581. The molecular formula is C15H10BrN5S. The van der Waals surface area contributed by atoms with Gasteiger partial charge in [-0.05, 0) is 24.3 Å². The maximum atomic E-state index is 4.63. The topological polar surface area (TPSA) is 55.1 Å². The number of anilines is 2. The van der Waals surface area contributed by atoms with Gasteiger partial charge in [0.05, 0.1) is 11.9 Å². The summed E-state index contributed by atoms with van der Waals surface area (Å²) in [5.74, 6) is 0.673. The lowest BCUT2D eigenvalue weighted by Crippen LogP contribution is -1.91. The predicted molar refractivity (Wildman–Crippen MR) is 91.5 cm³/mol. The van der Waals surface area contributed by atoms with Crippen molar-refractivity contribution in [3.63, 3.8) is 0 Å². The summed E-state index contributed by atoms with van der Waals surface area (Å²) in [7, 11) is 0. The fourth-order valence-electron chi connectivity index (χ4n) is 2.16. The normalized spacial score (nSPS) is 11.0. The van der Waals surface area contributed by atoms with E-state index < -0.39 is 0 Å². The van der Waals surface area contributed by atoms with Crippen molar-refractivity contribution in [3.05, 3.63) is 58.8 Å². The Morgan fingerprint density at radius 2 is 2.14 bits per heavy atom. The van der Waals surface area contributed by atoms with Gasteiger partial charge in [0.25, 0.3) is 0 Å². The minimum Gasteiger partial charge on any atom is -0.332 e. The Hall–Kier alpha value is -2.25. The van der Waals surface area contributed by atoms with Gasteiger partial charge in [-0.2, -0.15) is 0 Å². The van der Waals surface area contributed by atoms with E-state index in [9.17, 15) is 0 Å². The van der Waals surface area contributed by atoms with E-state index in [1.807, 2.05) is 46.3 Å². The molecule has 0 atom stereocenters. The lowest BCUT2D eigenvalue weighted by molar-refractivity contribution is 1.11. The molecule has 108 valence electrons. The molecule has 5 nitrogen and oxygen atoms in total. The second-order valence-corrected chi connectivity index (χ2v) is 6.38. The third-order valence-electron chi connectivity index (χ3n) is 3.13. The van der Waals surface area contributed by atoms with E-state index in [1.165, 1.54) is 0 Å². The molecule has 0 aliphatic carbocycles. The molecule has 0 radical (unpaired) electrons. The summed E-state index contributed by atoms with van der Waals surface area (Å²) in [5.41, 5.74) is 2.81. The van der Waals surface area contributed by atoms with Gasteiger partial charge in [-0.15, -0.1) is 11.3 Å². The van der Waals surface area contributed by atoms with Crippen LogP contribution in [0.2, 0.25) is 0 Å². The Morgan fingerprint density at radius 1 is 1.18 bits per heavy atom. The molecule has 3 aromatic heterocycles. The number of nitrogens with one attached hydrogen (secondary N) is 1. The van der Waals surface area contributed by atoms with Crippen LogP contribution < -0.4 is 5.32 Å². The van der Waals surface area contributed by atoms with Crippen LogP contribution in [0.3, 0.4) is 0 Å². The Balaban J connectivity index is 1.67. The molecule has 1 aromatic carbocycles. The first kappa shape index (κ1) is 13.4. The molecule has 0 unspecified atom stereocenters. The van der Waals surface area contributed by atoms with Crippen molar-refractivity contribution in [2.45, 2.75) is 0 Å². The zero-order valence-corrected chi connectivity index (χ0v) is 13.7. The number of rotatable bonds is 3. The predicted octanol–water partition coefficient (Wildman–Crippen LogP) is 4.36. The smallest absolute Gasteiger partial charge is 0.234 e. The lowest BCUT2D eigenvalue weighted by Gasteiger charge is -2.02. The van der Waals surface area contributed by atoms with Gasteiger partial charge >= 0.3 is 0 Å². The minimum atomic E-state index is 0.673. The van der Waals surface area contributed by atoms with Crippen LogP contribution in [0.5, 0.6) is 0 Å². The van der Waals surface area contributed by atoms with E-state index in [4.69, 9.17) is 0 Å². The SMILES string of the molecule is Brc1cccc(Nc2nc(-c3cnc4ncccn34)cs2)c1. The Labute approximate surface area is 138 Å². The largest absolute Gasteiger partial charge is 0.332 e. The van der Waals surface area contributed by atoms with Gasteiger partial charge in [0.15, 0.2) is 5.13 Å². The summed E-state index contributed by atoms with van der Waals surface area (Å²) < 4.78 is 2.96. The van der Waals surface area contributed by atoms with Crippen molar-refractivity contribution in [2.24, 2.45) is 0 Å². The molecular weight excluding hydrogens is 362 g/mol. The van der Waals surface area contributed by atoms with E-state index in [0.29, 0.717) is 5.78 Å². The van der Waals surface area contributed by atoms with Crippen LogP contribution in [0.1, 0.15) is 0 Å². The molecule has 4 rings (SSSR count). The molecule has 0 spiro atoms. The highest BCUT2D eigenvalue weighted by Crippen LogP contribution is 2.28. The van der Waals surface area contributed by atoms with Crippen molar-refractivity contribution in [1.29, 1.82) is 0 Å². The third kappa shape index (κ3) is 2.49. The second-order valence-electron chi connectivity index (χ2n) is 4.61. The molecule has 22 heavy (non-hydrogen) atoms. The van der Waals surface area contributed by atoms with Crippen LogP contribution in [0.4, 0.5) is 10.8 Å². The van der Waals surface area contributed by atoms with E-state index >= 15 is 0 Å². The molecule has 0 aliphatic heterocycles. The molecule has 0 aliphatic rings. The Morgan fingerprint density at radius 3 is 3.05 bits per heavy atom. The number of benzene rings is 1. The van der Waals surface area contributed by atoms with Crippen molar-refractivity contribution in [2.75, 3.05) is 5.32 Å². The van der Waals surface area contributed by atoms with Crippen LogP contribution in [-0.2, 0) is 0 Å². The molecule has 1 N–H and O–H groups in total. The van der Waals surface area contributed by atoms with E-state index in [-0.39, 0.29) is 0 Å². The number of nitrogens with zero attached hydrogens (tertiary/aromatic N) is 4. The van der Waals surface area contributed by atoms with Crippen molar-refractivity contribution in [3.8, 4) is 11.4 Å². The highest BCUT2D eigenvalue weighted by Gasteiger charge is 2.10. The van der Waals surface area contributed by atoms with Gasteiger partial charge in [-0.1, -0.05) is 22.0 Å². The van der Waals surface area contributed by atoms with Gasteiger partial charge < -0.3 is 5.32 Å². The fraction of sp³-hybridized carbons (Fsp3) is 0. The number of hydrogen-bond acceptors (Lipinski definition) is 5. The van der Waals surface area contributed by atoms with Crippen molar-refractivity contribution < 1.29 is 0 Å². The van der Waals surface area contributed by atoms with Gasteiger partial charge in [0.2, 0.25) is 5.78 Å². The number of fused-ring (bicyclic) bond motifs is 1. The summed E-state index contributed by atoms with van der Waals surface area (Å²) in [6.07, 6.45) is 5.46. The molecule has 0 saturated carbocycles. The zero-order valence-electron chi connectivity index (χ0n) is 11.3. The van der Waals surface area contributed by atoms with Gasteiger partial charge in [0.1, 0.15) is 5.69 Å². The number of hydrogen-bond donors (Lipinski definition) is 1. The number of halogens is 1. The fourth-order valence-corrected chi connectivity index (χ4v) is 3.28. The molecule has 4 aromatic rings. The van der Waals surface area contributed by atoms with Crippen LogP contribution in [0.15, 0.2) is 58.8 Å². The second kappa shape index (κ2) is 5.51. The number of imidazole rings is 1. The van der Waals surface area contributed by atoms with Crippen LogP contribution in [0.25, 0.3) is 17.2 Å². The third-order valence-corrected chi connectivity index (χ3v) is 4.38. The summed E-state index contributed by atoms with van der Waals surface area (Å²) in [4.78, 5) is 13.1. The number of thiazole rings is 1. The molecule has 3 heterocycles. The van der Waals surface area contributed by atoms with Crippen LogP contribution >= 0.6 is 27.3 Å². The van der Waals surface area contributed by atoms with Gasteiger partial charge in [-0.25, -0.2) is 15.0 Å². The van der Waals surface area contributed by atoms with Gasteiger partial charge in [0, 0.05) is 27.9 Å². The molecule has 0 fully saturated rings. The molecule has 7 heteroatoms. The highest BCUT2D eigenvalue weighted by molar-refractivity contribution is 9.10. The summed E-state index contributed by atoms with van der Waals surface area (Å²) >= 11 is 5.02. The highest BCUT2D eigenvalue weighted by atomic mass is 79.9. The van der Waals surface area contributed by atoms with Crippen molar-refractivity contribution in [1.82, 2.24) is 19.4 Å². The van der Waals surface area contributed by atoms with E-state index in [2.05, 4.69) is 36.2 Å². The maximum Gasteiger partial charge on any atom is 0.234 e. The Kier molecular flexibility index (Phi) is 3.36. The standard InChI is InChI=1S/C15H10BrN5S/c16-10-3-1-4-11(7-10)19-15-20-12(9-22-15)13-8-18-14-17-5-2-6-21(13)14/h1-9H,(H,19,20). The molecule has 0 amide bonds.